The second kappa shape index (κ2) is 11.9. The van der Waals surface area contributed by atoms with Crippen LogP contribution >= 0.6 is 0 Å². The molecule has 3 aromatic carbocycles. The van der Waals surface area contributed by atoms with E-state index in [9.17, 15) is 13.2 Å². The normalized spacial score (nSPS) is 10.8. The van der Waals surface area contributed by atoms with E-state index in [1.807, 2.05) is 13.8 Å². The molecule has 0 aliphatic carbocycles. The number of carbonyl (C=O) groups is 1. The van der Waals surface area contributed by atoms with Gasteiger partial charge in [-0.1, -0.05) is 0 Å². The lowest BCUT2D eigenvalue weighted by atomic mass is 10.1. The van der Waals surface area contributed by atoms with Crippen LogP contribution in [0.5, 0.6) is 11.5 Å². The maximum atomic E-state index is 13.2. The summed E-state index contributed by atoms with van der Waals surface area (Å²) in [6, 6.07) is 21.3. The van der Waals surface area contributed by atoms with Crippen molar-refractivity contribution in [2.75, 3.05) is 29.4 Å². The maximum absolute atomic E-state index is 13.2. The Morgan fingerprint density at radius 1 is 0.886 bits per heavy atom. The lowest BCUT2D eigenvalue weighted by molar-refractivity contribution is 0.0987. The first kappa shape index (κ1) is 25.6. The molecule has 8 nitrogen and oxygen atoms in total. The van der Waals surface area contributed by atoms with Crippen LogP contribution in [-0.4, -0.2) is 34.1 Å². The largest absolute Gasteiger partial charge is 0.494 e. The molecule has 3 aromatic rings. The molecule has 35 heavy (non-hydrogen) atoms. The van der Waals surface area contributed by atoms with E-state index < -0.39 is 10.0 Å². The fourth-order valence-corrected chi connectivity index (χ4v) is 4.39. The number of nitrogens with one attached hydrogen (secondary N) is 1. The predicted molar refractivity (Wildman–Crippen MR) is 134 cm³/mol. The van der Waals surface area contributed by atoms with Crippen molar-refractivity contribution in [3.63, 3.8) is 0 Å². The minimum absolute atomic E-state index is 0.0209. The van der Waals surface area contributed by atoms with Gasteiger partial charge < -0.3 is 14.4 Å². The zero-order valence-electron chi connectivity index (χ0n) is 19.6. The maximum Gasteiger partial charge on any atom is 0.261 e. The van der Waals surface area contributed by atoms with Gasteiger partial charge in [-0.05, 0) is 86.6 Å². The van der Waals surface area contributed by atoms with Crippen molar-refractivity contribution in [1.29, 1.82) is 5.26 Å². The molecule has 0 unspecified atom stereocenters. The summed E-state index contributed by atoms with van der Waals surface area (Å²) < 4.78 is 38.9. The molecule has 1 amide bonds. The molecular formula is C26H27N3O5S. The quantitative estimate of drug-likeness (QED) is 0.409. The van der Waals surface area contributed by atoms with Crippen molar-refractivity contribution < 1.29 is 22.7 Å². The zero-order chi connectivity index (χ0) is 25.3. The number of hydrogen-bond acceptors (Lipinski definition) is 6. The molecule has 3 rings (SSSR count). The van der Waals surface area contributed by atoms with Crippen LogP contribution in [0.15, 0.2) is 77.7 Å². The van der Waals surface area contributed by atoms with Gasteiger partial charge in [0.1, 0.15) is 11.5 Å². The Balaban J connectivity index is 1.77. The number of rotatable bonds is 11. The Kier molecular flexibility index (Phi) is 8.70. The third kappa shape index (κ3) is 6.74. The summed E-state index contributed by atoms with van der Waals surface area (Å²) in [5.74, 6) is 0.984. The van der Waals surface area contributed by atoms with Crippen molar-refractivity contribution in [1.82, 2.24) is 0 Å². The van der Waals surface area contributed by atoms with Crippen LogP contribution in [0.4, 0.5) is 11.4 Å². The van der Waals surface area contributed by atoms with Crippen LogP contribution in [0.25, 0.3) is 0 Å². The first-order chi connectivity index (χ1) is 16.9. The molecule has 0 aliphatic heterocycles. The summed E-state index contributed by atoms with van der Waals surface area (Å²) in [4.78, 5) is 14.7. The van der Waals surface area contributed by atoms with Crippen molar-refractivity contribution in [3.8, 4) is 17.6 Å². The second-order valence-electron chi connectivity index (χ2n) is 7.38. The van der Waals surface area contributed by atoms with E-state index in [-0.39, 0.29) is 23.8 Å². The summed E-state index contributed by atoms with van der Waals surface area (Å²) >= 11 is 0. The summed E-state index contributed by atoms with van der Waals surface area (Å²) in [5.41, 5.74) is 1.31. The Labute approximate surface area is 205 Å². The Morgan fingerprint density at radius 2 is 1.43 bits per heavy atom. The van der Waals surface area contributed by atoms with E-state index in [0.717, 1.165) is 0 Å². The molecule has 0 atom stereocenters. The average Bonchev–Trinajstić information content (AvgIpc) is 2.86. The lowest BCUT2D eigenvalue weighted by Crippen LogP contribution is -2.31. The van der Waals surface area contributed by atoms with Crippen molar-refractivity contribution >= 4 is 27.3 Å². The number of nitriles is 1. The number of anilines is 2. The fraction of sp³-hybridized carbons (Fsp3) is 0.231. The smallest absolute Gasteiger partial charge is 0.261 e. The second-order valence-corrected chi connectivity index (χ2v) is 9.06. The molecule has 0 saturated carbocycles. The van der Waals surface area contributed by atoms with E-state index in [4.69, 9.17) is 14.7 Å². The monoisotopic (exact) mass is 493 g/mol. The third-order valence-electron chi connectivity index (χ3n) is 4.98. The highest BCUT2D eigenvalue weighted by atomic mass is 32.2. The number of ether oxygens (including phenoxy) is 2. The molecule has 0 fully saturated rings. The van der Waals surface area contributed by atoms with E-state index in [1.54, 1.807) is 48.5 Å². The molecule has 0 aromatic heterocycles. The molecular weight excluding hydrogens is 466 g/mol. The van der Waals surface area contributed by atoms with Gasteiger partial charge in [-0.15, -0.1) is 0 Å². The molecule has 0 spiro atoms. The highest BCUT2D eigenvalue weighted by molar-refractivity contribution is 7.92. The van der Waals surface area contributed by atoms with Crippen LogP contribution < -0.4 is 19.1 Å². The fourth-order valence-electron chi connectivity index (χ4n) is 3.33. The number of sulfonamides is 1. The zero-order valence-corrected chi connectivity index (χ0v) is 20.4. The molecule has 0 heterocycles. The summed E-state index contributed by atoms with van der Waals surface area (Å²) in [7, 11) is -3.85. The van der Waals surface area contributed by atoms with Gasteiger partial charge in [0.25, 0.3) is 15.9 Å². The average molecular weight is 494 g/mol. The van der Waals surface area contributed by atoms with E-state index in [2.05, 4.69) is 10.8 Å². The third-order valence-corrected chi connectivity index (χ3v) is 6.38. The molecule has 1 N–H and O–H groups in total. The van der Waals surface area contributed by atoms with Gasteiger partial charge in [0.2, 0.25) is 0 Å². The first-order valence-corrected chi connectivity index (χ1v) is 12.6. The summed E-state index contributed by atoms with van der Waals surface area (Å²) in [6.07, 6.45) is 0.150. The van der Waals surface area contributed by atoms with Gasteiger partial charge in [-0.3, -0.25) is 9.52 Å². The van der Waals surface area contributed by atoms with Crippen LogP contribution in [0.1, 0.15) is 30.6 Å². The van der Waals surface area contributed by atoms with Gasteiger partial charge in [0, 0.05) is 23.5 Å². The van der Waals surface area contributed by atoms with Crippen LogP contribution in [0, 0.1) is 11.3 Å². The summed E-state index contributed by atoms with van der Waals surface area (Å²) in [6.45, 7) is 4.99. The van der Waals surface area contributed by atoms with E-state index >= 15 is 0 Å². The molecule has 9 heteroatoms. The SMILES string of the molecule is CCOc1ccc(NS(=O)(=O)c2ccc(C(=O)N(CCC#N)c3ccc(OCC)cc3)cc2)cc1. The van der Waals surface area contributed by atoms with Crippen LogP contribution in [0.2, 0.25) is 0 Å². The first-order valence-electron chi connectivity index (χ1n) is 11.2. The number of nitrogens with zero attached hydrogens (tertiary/aromatic N) is 2. The molecule has 0 aliphatic rings. The molecule has 0 saturated heterocycles. The minimum atomic E-state index is -3.85. The Bertz CT molecular complexity index is 1270. The van der Waals surface area contributed by atoms with Gasteiger partial charge >= 0.3 is 0 Å². The highest BCUT2D eigenvalue weighted by Crippen LogP contribution is 2.23. The van der Waals surface area contributed by atoms with E-state index in [0.29, 0.717) is 41.7 Å². The van der Waals surface area contributed by atoms with Gasteiger partial charge in [0.05, 0.1) is 30.6 Å². The standard InChI is InChI=1S/C26H27N3O5S/c1-3-33-23-12-8-21(9-13-23)28-35(31,32)25-16-6-20(7-17-25)26(30)29(19-5-18-27)22-10-14-24(15-11-22)34-4-2/h6-17,28H,3-5,19H2,1-2H3. The van der Waals surface area contributed by atoms with Gasteiger partial charge in [-0.2, -0.15) is 5.26 Å². The number of benzene rings is 3. The Hall–Kier alpha value is -4.03. The van der Waals surface area contributed by atoms with Crippen LogP contribution in [0.3, 0.4) is 0 Å². The molecule has 0 radical (unpaired) electrons. The van der Waals surface area contributed by atoms with Gasteiger partial charge in [-0.25, -0.2) is 8.42 Å². The van der Waals surface area contributed by atoms with Crippen molar-refractivity contribution in [2.24, 2.45) is 0 Å². The lowest BCUT2D eigenvalue weighted by Gasteiger charge is -2.22. The number of amides is 1. The Morgan fingerprint density at radius 3 is 1.94 bits per heavy atom. The van der Waals surface area contributed by atoms with Crippen LogP contribution in [-0.2, 0) is 10.0 Å². The van der Waals surface area contributed by atoms with Crippen molar-refractivity contribution in [3.05, 3.63) is 78.4 Å². The van der Waals surface area contributed by atoms with E-state index in [1.165, 1.54) is 29.2 Å². The van der Waals surface area contributed by atoms with Crippen molar-refractivity contribution in [2.45, 2.75) is 25.2 Å². The highest BCUT2D eigenvalue weighted by Gasteiger charge is 2.20. The number of hydrogen-bond donors (Lipinski definition) is 1. The predicted octanol–water partition coefficient (Wildman–Crippen LogP) is 4.85. The topological polar surface area (TPSA) is 109 Å². The van der Waals surface area contributed by atoms with Gasteiger partial charge in [0.15, 0.2) is 0 Å². The minimum Gasteiger partial charge on any atom is -0.494 e. The molecule has 0 bridgehead atoms. The number of carbonyl (C=O) groups excluding carboxylic acids is 1. The molecule has 182 valence electrons. The summed E-state index contributed by atoms with van der Waals surface area (Å²) in [5, 5.41) is 9.03.